The molecule has 2 unspecified atom stereocenters. The standard InChI is InChI=1S/C15H22N4O3.ClH/c1-11-12(6-5-9-16-11)17-15(20)10-18(2)13-7-3-4-8-14(13)19(21)22;/h3-4,7-8,11-12,16H,5-6,9-10H2,1-2H3,(H,17,20);1H. The summed E-state index contributed by atoms with van der Waals surface area (Å²) in [6, 6.07) is 6.79. The Balaban J connectivity index is 0.00000264. The Hall–Kier alpha value is -1.86. The first-order chi connectivity index (χ1) is 10.5. The van der Waals surface area contributed by atoms with Gasteiger partial charge < -0.3 is 15.5 Å². The first-order valence-electron chi connectivity index (χ1n) is 7.46. The average molecular weight is 343 g/mol. The van der Waals surface area contributed by atoms with E-state index in [-0.39, 0.29) is 42.6 Å². The first kappa shape index (κ1) is 19.2. The van der Waals surface area contributed by atoms with E-state index in [1.807, 2.05) is 0 Å². The number of anilines is 1. The van der Waals surface area contributed by atoms with Crippen molar-refractivity contribution in [2.75, 3.05) is 25.0 Å². The second kappa shape index (κ2) is 8.69. The lowest BCUT2D eigenvalue weighted by Crippen LogP contribution is -2.53. The molecule has 2 rings (SSSR count). The highest BCUT2D eigenvalue weighted by molar-refractivity contribution is 5.85. The minimum atomic E-state index is -0.434. The molecule has 1 fully saturated rings. The number of carbonyl (C=O) groups excluding carboxylic acids is 1. The van der Waals surface area contributed by atoms with Gasteiger partial charge in [0, 0.05) is 25.2 Å². The van der Waals surface area contributed by atoms with Crippen LogP contribution in [0.4, 0.5) is 11.4 Å². The number of carbonyl (C=O) groups is 1. The number of nitrogens with one attached hydrogen (secondary N) is 2. The lowest BCUT2D eigenvalue weighted by atomic mass is 10.00. The fourth-order valence-electron chi connectivity index (χ4n) is 2.74. The summed E-state index contributed by atoms with van der Waals surface area (Å²) < 4.78 is 0. The van der Waals surface area contributed by atoms with Gasteiger partial charge in [-0.2, -0.15) is 0 Å². The number of rotatable bonds is 5. The Morgan fingerprint density at radius 1 is 1.48 bits per heavy atom. The maximum atomic E-state index is 12.2. The van der Waals surface area contributed by atoms with Crippen LogP contribution in [0.5, 0.6) is 0 Å². The van der Waals surface area contributed by atoms with Gasteiger partial charge in [0.1, 0.15) is 5.69 Å². The Morgan fingerprint density at radius 3 is 2.83 bits per heavy atom. The van der Waals surface area contributed by atoms with Gasteiger partial charge in [0.25, 0.3) is 5.69 Å². The molecule has 1 aliphatic heterocycles. The van der Waals surface area contributed by atoms with Gasteiger partial charge in [-0.1, -0.05) is 12.1 Å². The van der Waals surface area contributed by atoms with Gasteiger partial charge >= 0.3 is 0 Å². The molecule has 1 heterocycles. The van der Waals surface area contributed by atoms with Crippen LogP contribution in [-0.2, 0) is 4.79 Å². The van der Waals surface area contributed by atoms with Crippen LogP contribution in [-0.4, -0.2) is 43.1 Å². The highest BCUT2D eigenvalue weighted by atomic mass is 35.5. The molecular weight excluding hydrogens is 320 g/mol. The zero-order valence-electron chi connectivity index (χ0n) is 13.3. The fraction of sp³-hybridized carbons (Fsp3) is 0.533. The van der Waals surface area contributed by atoms with E-state index in [2.05, 4.69) is 17.6 Å². The number of likely N-dealkylation sites (N-methyl/N-ethyl adjacent to an activating group) is 1. The number of halogens is 1. The average Bonchev–Trinajstić information content (AvgIpc) is 2.49. The van der Waals surface area contributed by atoms with E-state index < -0.39 is 4.92 Å². The Bertz CT molecular complexity index is 555. The van der Waals surface area contributed by atoms with Crippen LogP contribution < -0.4 is 15.5 Å². The van der Waals surface area contributed by atoms with Crippen LogP contribution >= 0.6 is 12.4 Å². The van der Waals surface area contributed by atoms with Gasteiger partial charge in [0.15, 0.2) is 0 Å². The van der Waals surface area contributed by atoms with E-state index in [1.54, 1.807) is 30.1 Å². The third-order valence-corrected chi connectivity index (χ3v) is 3.98. The van der Waals surface area contributed by atoms with Crippen molar-refractivity contribution < 1.29 is 9.72 Å². The topological polar surface area (TPSA) is 87.5 Å². The van der Waals surface area contributed by atoms with Crippen LogP contribution in [0.2, 0.25) is 0 Å². The van der Waals surface area contributed by atoms with Crippen molar-refractivity contribution >= 4 is 29.7 Å². The fourth-order valence-corrected chi connectivity index (χ4v) is 2.74. The van der Waals surface area contributed by atoms with Gasteiger partial charge in [0.2, 0.25) is 5.91 Å². The van der Waals surface area contributed by atoms with Crippen molar-refractivity contribution in [3.05, 3.63) is 34.4 Å². The highest BCUT2D eigenvalue weighted by Gasteiger charge is 2.24. The third-order valence-electron chi connectivity index (χ3n) is 3.98. The van der Waals surface area contributed by atoms with E-state index in [9.17, 15) is 14.9 Å². The van der Waals surface area contributed by atoms with E-state index in [0.29, 0.717) is 5.69 Å². The predicted molar refractivity (Wildman–Crippen MR) is 92.2 cm³/mol. The molecule has 2 N–H and O–H groups in total. The van der Waals surface area contributed by atoms with Crippen LogP contribution in [0.25, 0.3) is 0 Å². The second-order valence-electron chi connectivity index (χ2n) is 5.66. The van der Waals surface area contributed by atoms with E-state index >= 15 is 0 Å². The molecule has 1 saturated heterocycles. The first-order valence-corrected chi connectivity index (χ1v) is 7.46. The zero-order chi connectivity index (χ0) is 16.1. The number of hydrogen-bond acceptors (Lipinski definition) is 5. The quantitative estimate of drug-likeness (QED) is 0.628. The third kappa shape index (κ3) is 5.07. The number of nitro groups is 1. The highest BCUT2D eigenvalue weighted by Crippen LogP contribution is 2.26. The summed E-state index contributed by atoms with van der Waals surface area (Å²) in [7, 11) is 1.68. The molecule has 2 atom stereocenters. The lowest BCUT2D eigenvalue weighted by Gasteiger charge is -2.31. The van der Waals surface area contributed by atoms with Crippen LogP contribution in [0.1, 0.15) is 19.8 Å². The molecule has 1 aromatic carbocycles. The molecular formula is C15H23ClN4O3. The molecule has 0 bridgehead atoms. The van der Waals surface area contributed by atoms with E-state index in [4.69, 9.17) is 0 Å². The smallest absolute Gasteiger partial charge is 0.292 e. The molecule has 7 nitrogen and oxygen atoms in total. The maximum absolute atomic E-state index is 12.2. The monoisotopic (exact) mass is 342 g/mol. The van der Waals surface area contributed by atoms with Gasteiger partial charge in [-0.25, -0.2) is 0 Å². The molecule has 1 aromatic rings. The van der Waals surface area contributed by atoms with Gasteiger partial charge in [-0.05, 0) is 32.4 Å². The predicted octanol–water partition coefficient (Wildman–Crippen LogP) is 1.71. The van der Waals surface area contributed by atoms with Crippen molar-refractivity contribution in [2.45, 2.75) is 31.8 Å². The number of para-hydroxylation sites is 2. The molecule has 0 aromatic heterocycles. The second-order valence-corrected chi connectivity index (χ2v) is 5.66. The maximum Gasteiger partial charge on any atom is 0.292 e. The van der Waals surface area contributed by atoms with Crippen LogP contribution in [0.3, 0.4) is 0 Å². The minimum Gasteiger partial charge on any atom is -0.360 e. The molecule has 1 amide bonds. The normalized spacial score (nSPS) is 20.3. The number of piperidine rings is 1. The Labute approximate surface area is 142 Å². The SMILES string of the molecule is CC1NCCCC1NC(=O)CN(C)c1ccccc1[N+](=O)[O-].Cl. The summed E-state index contributed by atoms with van der Waals surface area (Å²) in [4.78, 5) is 24.4. The summed E-state index contributed by atoms with van der Waals surface area (Å²) in [5.41, 5.74) is 0.447. The molecule has 128 valence electrons. The van der Waals surface area contributed by atoms with Crippen molar-refractivity contribution in [3.8, 4) is 0 Å². The number of amides is 1. The summed E-state index contributed by atoms with van der Waals surface area (Å²) in [5.74, 6) is -0.124. The summed E-state index contributed by atoms with van der Waals surface area (Å²) in [6.07, 6.45) is 1.99. The van der Waals surface area contributed by atoms with E-state index in [1.165, 1.54) is 6.07 Å². The Kier molecular flexibility index (Phi) is 7.25. The molecule has 0 aliphatic carbocycles. The summed E-state index contributed by atoms with van der Waals surface area (Å²) in [5, 5.41) is 17.4. The largest absolute Gasteiger partial charge is 0.360 e. The van der Waals surface area contributed by atoms with Gasteiger partial charge in [0.05, 0.1) is 11.5 Å². The minimum absolute atomic E-state index is 0. The molecule has 0 radical (unpaired) electrons. The van der Waals surface area contributed by atoms with Gasteiger partial charge in [-0.15, -0.1) is 12.4 Å². The van der Waals surface area contributed by atoms with Gasteiger partial charge in [-0.3, -0.25) is 14.9 Å². The zero-order valence-corrected chi connectivity index (χ0v) is 14.1. The molecule has 1 aliphatic rings. The lowest BCUT2D eigenvalue weighted by molar-refractivity contribution is -0.384. The van der Waals surface area contributed by atoms with Crippen molar-refractivity contribution in [3.63, 3.8) is 0 Å². The van der Waals surface area contributed by atoms with E-state index in [0.717, 1.165) is 19.4 Å². The molecule has 8 heteroatoms. The molecule has 0 spiro atoms. The van der Waals surface area contributed by atoms with Crippen molar-refractivity contribution in [2.24, 2.45) is 0 Å². The summed E-state index contributed by atoms with van der Waals surface area (Å²) in [6.45, 7) is 3.12. The molecule has 23 heavy (non-hydrogen) atoms. The number of nitrogens with zero attached hydrogens (tertiary/aromatic N) is 2. The number of benzene rings is 1. The van der Waals surface area contributed by atoms with Crippen LogP contribution in [0.15, 0.2) is 24.3 Å². The van der Waals surface area contributed by atoms with Crippen molar-refractivity contribution in [1.29, 1.82) is 0 Å². The Morgan fingerprint density at radius 2 is 2.17 bits per heavy atom. The van der Waals surface area contributed by atoms with Crippen LogP contribution in [0, 0.1) is 10.1 Å². The summed E-state index contributed by atoms with van der Waals surface area (Å²) >= 11 is 0. The number of hydrogen-bond donors (Lipinski definition) is 2. The molecule has 0 saturated carbocycles. The van der Waals surface area contributed by atoms with Crippen molar-refractivity contribution in [1.82, 2.24) is 10.6 Å². The number of nitro benzene ring substituents is 1.